The lowest BCUT2D eigenvalue weighted by Gasteiger charge is -2.41. The third-order valence-electron chi connectivity index (χ3n) is 6.79. The SMILES string of the molecule is CC(C)OC(=O)N1C[C@H](C)N(C(=O)C2CC2)c2ccc(C(CN)CNC3CCOCC3)cc21. The molecule has 33 heavy (non-hydrogen) atoms. The maximum Gasteiger partial charge on any atom is 0.414 e. The molecule has 1 unspecified atom stereocenters. The highest BCUT2D eigenvalue weighted by Crippen LogP contribution is 2.41. The molecule has 1 saturated carbocycles. The van der Waals surface area contributed by atoms with Gasteiger partial charge in [0.1, 0.15) is 0 Å². The molecule has 8 heteroatoms. The number of nitrogens with two attached hydrogens (primary N) is 1. The summed E-state index contributed by atoms with van der Waals surface area (Å²) in [5.74, 6) is 0.368. The van der Waals surface area contributed by atoms with Crippen molar-refractivity contribution in [1.29, 1.82) is 0 Å². The lowest BCUT2D eigenvalue weighted by Crippen LogP contribution is -2.52. The zero-order valence-electron chi connectivity index (χ0n) is 20.1. The van der Waals surface area contributed by atoms with Gasteiger partial charge in [-0.25, -0.2) is 4.79 Å². The van der Waals surface area contributed by atoms with Gasteiger partial charge in [0.25, 0.3) is 0 Å². The molecule has 3 N–H and O–H groups in total. The lowest BCUT2D eigenvalue weighted by atomic mass is 9.95. The highest BCUT2D eigenvalue weighted by molar-refractivity contribution is 6.04. The van der Waals surface area contributed by atoms with Gasteiger partial charge in [-0.2, -0.15) is 0 Å². The van der Waals surface area contributed by atoms with Crippen LogP contribution in [0.3, 0.4) is 0 Å². The summed E-state index contributed by atoms with van der Waals surface area (Å²) in [6.45, 7) is 8.93. The highest BCUT2D eigenvalue weighted by Gasteiger charge is 2.41. The summed E-state index contributed by atoms with van der Waals surface area (Å²) in [7, 11) is 0. The average molecular weight is 459 g/mol. The number of nitrogens with zero attached hydrogens (tertiary/aromatic N) is 2. The molecule has 2 atom stereocenters. The third kappa shape index (κ3) is 5.50. The summed E-state index contributed by atoms with van der Waals surface area (Å²) in [4.78, 5) is 29.6. The maximum absolute atomic E-state index is 13.1. The number of amides is 2. The average Bonchev–Trinajstić information content (AvgIpc) is 3.64. The molecule has 182 valence electrons. The largest absolute Gasteiger partial charge is 0.446 e. The van der Waals surface area contributed by atoms with E-state index in [4.69, 9.17) is 15.2 Å². The Kier molecular flexibility index (Phi) is 7.56. The predicted octanol–water partition coefficient (Wildman–Crippen LogP) is 2.99. The van der Waals surface area contributed by atoms with E-state index in [0.29, 0.717) is 19.1 Å². The Bertz CT molecular complexity index is 851. The molecular formula is C25H38N4O4. The first-order valence-electron chi connectivity index (χ1n) is 12.3. The Morgan fingerprint density at radius 3 is 2.55 bits per heavy atom. The highest BCUT2D eigenvalue weighted by atomic mass is 16.6. The van der Waals surface area contributed by atoms with Crippen LogP contribution in [0.4, 0.5) is 16.2 Å². The van der Waals surface area contributed by atoms with Crippen LogP contribution in [0.15, 0.2) is 18.2 Å². The van der Waals surface area contributed by atoms with Gasteiger partial charge in [-0.3, -0.25) is 9.69 Å². The maximum atomic E-state index is 13.1. The molecule has 1 aliphatic carbocycles. The second kappa shape index (κ2) is 10.4. The van der Waals surface area contributed by atoms with E-state index in [9.17, 15) is 9.59 Å². The monoisotopic (exact) mass is 458 g/mol. The van der Waals surface area contributed by atoms with E-state index < -0.39 is 0 Å². The Hall–Kier alpha value is -2.16. The summed E-state index contributed by atoms with van der Waals surface area (Å²) in [5.41, 5.74) is 8.74. The number of rotatable bonds is 7. The fraction of sp³-hybridized carbons (Fsp3) is 0.680. The first-order chi connectivity index (χ1) is 15.9. The van der Waals surface area contributed by atoms with Crippen LogP contribution in [0.2, 0.25) is 0 Å². The van der Waals surface area contributed by atoms with E-state index >= 15 is 0 Å². The minimum absolute atomic E-state index is 0.105. The Balaban J connectivity index is 1.61. The molecule has 2 heterocycles. The number of hydrogen-bond acceptors (Lipinski definition) is 6. The number of carbonyl (C=O) groups is 2. The van der Waals surface area contributed by atoms with Crippen LogP contribution in [-0.4, -0.2) is 63.0 Å². The van der Waals surface area contributed by atoms with Crippen molar-refractivity contribution in [1.82, 2.24) is 5.32 Å². The third-order valence-corrected chi connectivity index (χ3v) is 6.79. The number of carbonyl (C=O) groups excluding carboxylic acids is 2. The summed E-state index contributed by atoms with van der Waals surface area (Å²) < 4.78 is 11.0. The first-order valence-corrected chi connectivity index (χ1v) is 12.3. The van der Waals surface area contributed by atoms with Crippen molar-refractivity contribution in [3.63, 3.8) is 0 Å². The van der Waals surface area contributed by atoms with Gasteiger partial charge >= 0.3 is 6.09 Å². The molecule has 1 aromatic rings. The van der Waals surface area contributed by atoms with Gasteiger partial charge in [-0.1, -0.05) is 6.07 Å². The van der Waals surface area contributed by atoms with Gasteiger partial charge in [0.15, 0.2) is 0 Å². The van der Waals surface area contributed by atoms with Crippen molar-refractivity contribution in [2.45, 2.75) is 70.6 Å². The number of benzene rings is 1. The molecule has 4 rings (SSSR count). The van der Waals surface area contributed by atoms with Crippen molar-refractivity contribution in [3.05, 3.63) is 23.8 Å². The summed E-state index contributed by atoms with van der Waals surface area (Å²) in [5, 5.41) is 3.64. The van der Waals surface area contributed by atoms with Crippen LogP contribution < -0.4 is 20.9 Å². The van der Waals surface area contributed by atoms with E-state index in [1.54, 1.807) is 4.90 Å². The smallest absolute Gasteiger partial charge is 0.414 e. The van der Waals surface area contributed by atoms with Crippen molar-refractivity contribution < 1.29 is 19.1 Å². The summed E-state index contributed by atoms with van der Waals surface area (Å²) in [6, 6.07) is 6.39. The number of hydrogen-bond donors (Lipinski definition) is 2. The molecule has 3 aliphatic rings. The lowest BCUT2D eigenvalue weighted by molar-refractivity contribution is -0.120. The van der Waals surface area contributed by atoms with Gasteiger partial charge in [-0.15, -0.1) is 0 Å². The molecule has 2 aliphatic heterocycles. The van der Waals surface area contributed by atoms with Crippen LogP contribution in [-0.2, 0) is 14.3 Å². The fourth-order valence-corrected chi connectivity index (χ4v) is 4.74. The predicted molar refractivity (Wildman–Crippen MR) is 129 cm³/mol. The van der Waals surface area contributed by atoms with Crippen molar-refractivity contribution in [2.24, 2.45) is 11.7 Å². The standard InChI is InChI=1S/C25H38N4O4/c1-16(2)33-25(31)28-15-17(3)29(24(30)18-4-5-18)22-7-6-19(12-23(22)28)20(13-26)14-27-21-8-10-32-11-9-21/h6-7,12,16-18,20-21,27H,4-5,8-11,13-15,26H2,1-3H3/t17-,20?/m0/s1. The molecule has 0 radical (unpaired) electrons. The van der Waals surface area contributed by atoms with E-state index in [2.05, 4.69) is 11.4 Å². The van der Waals surface area contributed by atoms with Crippen molar-refractivity contribution in [3.8, 4) is 0 Å². The number of anilines is 2. The van der Waals surface area contributed by atoms with E-state index in [1.165, 1.54) is 0 Å². The Labute approximate surface area is 196 Å². The molecule has 1 saturated heterocycles. The second-order valence-electron chi connectivity index (χ2n) is 9.85. The Morgan fingerprint density at radius 1 is 1.18 bits per heavy atom. The summed E-state index contributed by atoms with van der Waals surface area (Å²) in [6.07, 6.45) is 3.31. The Morgan fingerprint density at radius 2 is 1.91 bits per heavy atom. The van der Waals surface area contributed by atoms with Gasteiger partial charge in [-0.05, 0) is 64.2 Å². The molecular weight excluding hydrogens is 420 g/mol. The van der Waals surface area contributed by atoms with Gasteiger partial charge < -0.3 is 25.4 Å². The zero-order chi connectivity index (χ0) is 23.5. The van der Waals surface area contributed by atoms with E-state index in [0.717, 1.165) is 62.4 Å². The molecule has 2 amide bonds. The second-order valence-corrected chi connectivity index (χ2v) is 9.85. The molecule has 1 aromatic carbocycles. The first kappa shape index (κ1) is 24.0. The normalized spacial score (nSPS) is 22.3. The van der Waals surface area contributed by atoms with Gasteiger partial charge in [0.2, 0.25) is 5.91 Å². The number of nitrogens with one attached hydrogen (secondary N) is 1. The molecule has 8 nitrogen and oxygen atoms in total. The minimum atomic E-state index is -0.376. The molecule has 0 bridgehead atoms. The van der Waals surface area contributed by atoms with E-state index in [1.807, 2.05) is 37.8 Å². The number of fused-ring (bicyclic) bond motifs is 1. The van der Waals surface area contributed by atoms with E-state index in [-0.39, 0.29) is 36.0 Å². The fourth-order valence-electron chi connectivity index (χ4n) is 4.74. The minimum Gasteiger partial charge on any atom is -0.446 e. The van der Waals surface area contributed by atoms with Gasteiger partial charge in [0.05, 0.1) is 23.5 Å². The number of ether oxygens (including phenoxy) is 2. The zero-order valence-corrected chi connectivity index (χ0v) is 20.1. The van der Waals surface area contributed by atoms with Crippen molar-refractivity contribution >= 4 is 23.4 Å². The van der Waals surface area contributed by atoms with Gasteiger partial charge in [0, 0.05) is 50.7 Å². The van der Waals surface area contributed by atoms with Crippen LogP contribution in [0.25, 0.3) is 0 Å². The molecule has 0 spiro atoms. The van der Waals surface area contributed by atoms with Crippen LogP contribution in [0.5, 0.6) is 0 Å². The molecule has 0 aromatic heterocycles. The van der Waals surface area contributed by atoms with Crippen LogP contribution in [0, 0.1) is 5.92 Å². The van der Waals surface area contributed by atoms with Crippen LogP contribution >= 0.6 is 0 Å². The quantitative estimate of drug-likeness (QED) is 0.652. The van der Waals surface area contributed by atoms with Crippen LogP contribution in [0.1, 0.15) is 57.9 Å². The topological polar surface area (TPSA) is 97.1 Å². The van der Waals surface area contributed by atoms with Crippen molar-refractivity contribution in [2.75, 3.05) is 42.6 Å². The summed E-state index contributed by atoms with van der Waals surface area (Å²) >= 11 is 0. The molecule has 2 fully saturated rings.